The lowest BCUT2D eigenvalue weighted by Crippen LogP contribution is -2.45. The maximum atomic E-state index is 5.86. The third-order valence-corrected chi connectivity index (χ3v) is 6.33. The third kappa shape index (κ3) is 3.87. The van der Waals surface area contributed by atoms with Crippen molar-refractivity contribution in [2.75, 3.05) is 18.0 Å². The first-order valence-corrected chi connectivity index (χ1v) is 11.3. The molecule has 0 amide bonds. The highest BCUT2D eigenvalue weighted by atomic mass is 16.5. The lowest BCUT2D eigenvalue weighted by atomic mass is 9.95. The summed E-state index contributed by atoms with van der Waals surface area (Å²) < 4.78 is 5.86. The van der Waals surface area contributed by atoms with E-state index in [0.717, 1.165) is 35.6 Å². The van der Waals surface area contributed by atoms with Crippen molar-refractivity contribution in [3.8, 4) is 22.3 Å². The number of aromatic nitrogens is 2. The average molecular weight is 424 g/mol. The molecule has 32 heavy (non-hydrogen) atoms. The minimum absolute atomic E-state index is 0.217. The Labute approximate surface area is 189 Å². The highest BCUT2D eigenvalue weighted by Gasteiger charge is 2.23. The zero-order chi connectivity index (χ0) is 22.2. The van der Waals surface area contributed by atoms with Gasteiger partial charge in [-0.15, -0.1) is 0 Å². The summed E-state index contributed by atoms with van der Waals surface area (Å²) in [5.74, 6) is 1.00. The van der Waals surface area contributed by atoms with Gasteiger partial charge < -0.3 is 9.64 Å². The number of anilines is 1. The molecular formula is C28H29N3O. The van der Waals surface area contributed by atoms with Crippen LogP contribution >= 0.6 is 0 Å². The fourth-order valence-corrected chi connectivity index (χ4v) is 4.71. The molecule has 162 valence electrons. The fourth-order valence-electron chi connectivity index (χ4n) is 4.71. The van der Waals surface area contributed by atoms with Gasteiger partial charge in [0, 0.05) is 47.6 Å². The topological polar surface area (TPSA) is 38.2 Å². The first kappa shape index (κ1) is 20.7. The van der Waals surface area contributed by atoms with Gasteiger partial charge in [-0.05, 0) is 51.0 Å². The number of morpholine rings is 1. The third-order valence-electron chi connectivity index (χ3n) is 6.33. The van der Waals surface area contributed by atoms with Crippen molar-refractivity contribution in [3.63, 3.8) is 0 Å². The Balaban J connectivity index is 1.50. The molecule has 5 rings (SSSR count). The van der Waals surface area contributed by atoms with Crippen LogP contribution < -0.4 is 4.90 Å². The van der Waals surface area contributed by atoms with Gasteiger partial charge in [-0.25, -0.2) is 4.98 Å². The van der Waals surface area contributed by atoms with E-state index in [1.54, 1.807) is 0 Å². The molecule has 0 aliphatic carbocycles. The summed E-state index contributed by atoms with van der Waals surface area (Å²) in [4.78, 5) is 12.0. The van der Waals surface area contributed by atoms with Crippen molar-refractivity contribution < 1.29 is 4.74 Å². The van der Waals surface area contributed by atoms with Crippen molar-refractivity contribution >= 4 is 16.7 Å². The zero-order valence-corrected chi connectivity index (χ0v) is 19.2. The fraction of sp³-hybridized carbons (Fsp3) is 0.286. The lowest BCUT2D eigenvalue weighted by Gasteiger charge is -2.36. The number of aryl methyl sites for hydroxylation is 2. The number of fused-ring (bicyclic) bond motifs is 1. The Hall–Kier alpha value is -3.24. The molecule has 1 saturated heterocycles. The van der Waals surface area contributed by atoms with Crippen molar-refractivity contribution in [3.05, 3.63) is 78.1 Å². The number of rotatable bonds is 3. The minimum Gasteiger partial charge on any atom is -0.372 e. The molecule has 2 aromatic carbocycles. The van der Waals surface area contributed by atoms with Gasteiger partial charge in [0.1, 0.15) is 5.82 Å². The molecular weight excluding hydrogens is 394 g/mol. The van der Waals surface area contributed by atoms with Crippen LogP contribution in [0.3, 0.4) is 0 Å². The summed E-state index contributed by atoms with van der Waals surface area (Å²) in [6.45, 7) is 10.3. The van der Waals surface area contributed by atoms with Crippen LogP contribution in [-0.4, -0.2) is 35.3 Å². The van der Waals surface area contributed by atoms with E-state index in [-0.39, 0.29) is 12.2 Å². The number of ether oxygens (including phenoxy) is 1. The van der Waals surface area contributed by atoms with Crippen molar-refractivity contribution in [2.24, 2.45) is 0 Å². The second-order valence-electron chi connectivity index (χ2n) is 8.93. The van der Waals surface area contributed by atoms with E-state index in [0.29, 0.717) is 0 Å². The predicted octanol–water partition coefficient (Wildman–Crippen LogP) is 6.19. The van der Waals surface area contributed by atoms with Gasteiger partial charge in [0.2, 0.25) is 0 Å². The van der Waals surface area contributed by atoms with Gasteiger partial charge in [-0.1, -0.05) is 48.0 Å². The van der Waals surface area contributed by atoms with Crippen LogP contribution in [0.1, 0.15) is 25.0 Å². The molecule has 4 heteroatoms. The average Bonchev–Trinajstić information content (AvgIpc) is 2.79. The molecule has 3 heterocycles. The van der Waals surface area contributed by atoms with E-state index in [1.165, 1.54) is 27.6 Å². The Bertz CT molecular complexity index is 1240. The van der Waals surface area contributed by atoms with Crippen LogP contribution in [0.15, 0.2) is 67.0 Å². The number of nitrogens with zero attached hydrogens (tertiary/aromatic N) is 3. The summed E-state index contributed by atoms with van der Waals surface area (Å²) in [6, 6.07) is 19.4. The molecule has 0 spiro atoms. The van der Waals surface area contributed by atoms with E-state index < -0.39 is 0 Å². The molecule has 0 N–H and O–H groups in total. The summed E-state index contributed by atoms with van der Waals surface area (Å²) in [5.41, 5.74) is 8.11. The monoisotopic (exact) mass is 423 g/mol. The Morgan fingerprint density at radius 3 is 2.19 bits per heavy atom. The van der Waals surface area contributed by atoms with E-state index in [1.807, 2.05) is 12.4 Å². The van der Waals surface area contributed by atoms with Crippen LogP contribution in [0.5, 0.6) is 0 Å². The first-order valence-electron chi connectivity index (χ1n) is 11.3. The van der Waals surface area contributed by atoms with Crippen LogP contribution in [0, 0.1) is 13.8 Å². The number of hydrogen-bond acceptors (Lipinski definition) is 4. The van der Waals surface area contributed by atoms with Crippen LogP contribution in [-0.2, 0) is 4.74 Å². The second kappa shape index (κ2) is 8.36. The number of pyridine rings is 2. The number of benzene rings is 2. The summed E-state index contributed by atoms with van der Waals surface area (Å²) in [6.07, 6.45) is 4.40. The van der Waals surface area contributed by atoms with Crippen molar-refractivity contribution in [1.29, 1.82) is 0 Å². The summed E-state index contributed by atoms with van der Waals surface area (Å²) in [5, 5.41) is 1.18. The van der Waals surface area contributed by atoms with Crippen LogP contribution in [0.2, 0.25) is 0 Å². The van der Waals surface area contributed by atoms with E-state index in [4.69, 9.17) is 14.7 Å². The predicted molar refractivity (Wildman–Crippen MR) is 132 cm³/mol. The van der Waals surface area contributed by atoms with Gasteiger partial charge in [-0.2, -0.15) is 0 Å². The molecule has 2 unspecified atom stereocenters. The standard InChI is InChI=1S/C28H29N3O/c1-18-8-10-22(11-9-18)25-7-5-6-24-21(4)26(15-30-28(24)25)23-12-13-27(29-14-23)31-16-19(2)32-20(3)17-31/h5-15,19-20H,16-17H2,1-4H3. The van der Waals surface area contributed by atoms with Gasteiger partial charge in [0.15, 0.2) is 0 Å². The maximum Gasteiger partial charge on any atom is 0.128 e. The number of para-hydroxylation sites is 1. The molecule has 4 nitrogen and oxygen atoms in total. The largest absolute Gasteiger partial charge is 0.372 e. The smallest absolute Gasteiger partial charge is 0.128 e. The minimum atomic E-state index is 0.217. The number of hydrogen-bond donors (Lipinski definition) is 0. The Kier molecular flexibility index (Phi) is 5.40. The molecule has 2 atom stereocenters. The molecule has 2 aromatic heterocycles. The van der Waals surface area contributed by atoms with E-state index in [9.17, 15) is 0 Å². The van der Waals surface area contributed by atoms with Crippen molar-refractivity contribution in [1.82, 2.24) is 9.97 Å². The SMILES string of the molecule is Cc1ccc(-c2cccc3c(C)c(-c4ccc(N5CC(C)OC(C)C5)nc4)cnc23)cc1. The second-order valence-corrected chi connectivity index (χ2v) is 8.93. The van der Waals surface area contributed by atoms with Crippen LogP contribution in [0.4, 0.5) is 5.82 Å². The molecule has 4 aromatic rings. The molecule has 0 bridgehead atoms. The highest BCUT2D eigenvalue weighted by Crippen LogP contribution is 2.33. The zero-order valence-electron chi connectivity index (χ0n) is 19.2. The maximum absolute atomic E-state index is 5.86. The summed E-state index contributed by atoms with van der Waals surface area (Å²) >= 11 is 0. The lowest BCUT2D eigenvalue weighted by molar-refractivity contribution is -0.00545. The van der Waals surface area contributed by atoms with Gasteiger partial charge in [-0.3, -0.25) is 4.98 Å². The van der Waals surface area contributed by atoms with Gasteiger partial charge >= 0.3 is 0 Å². The Morgan fingerprint density at radius 1 is 0.781 bits per heavy atom. The van der Waals surface area contributed by atoms with E-state index in [2.05, 4.69) is 87.2 Å². The quantitative estimate of drug-likeness (QED) is 0.394. The van der Waals surface area contributed by atoms with Gasteiger partial charge in [0.25, 0.3) is 0 Å². The molecule has 1 fully saturated rings. The van der Waals surface area contributed by atoms with Crippen molar-refractivity contribution in [2.45, 2.75) is 39.9 Å². The molecule has 0 saturated carbocycles. The Morgan fingerprint density at radius 2 is 1.50 bits per heavy atom. The highest BCUT2D eigenvalue weighted by molar-refractivity contribution is 5.97. The van der Waals surface area contributed by atoms with E-state index >= 15 is 0 Å². The molecule has 0 radical (unpaired) electrons. The summed E-state index contributed by atoms with van der Waals surface area (Å²) in [7, 11) is 0. The van der Waals surface area contributed by atoms with Gasteiger partial charge in [0.05, 0.1) is 17.7 Å². The first-order chi connectivity index (χ1) is 15.5. The van der Waals surface area contributed by atoms with Crippen LogP contribution in [0.25, 0.3) is 33.2 Å². The molecule has 1 aliphatic heterocycles. The normalized spacial score (nSPS) is 18.8. The molecule has 1 aliphatic rings.